The average Bonchev–Trinajstić information content (AvgIpc) is 2.80. The Kier molecular flexibility index (Phi) is 6.35. The van der Waals surface area contributed by atoms with Gasteiger partial charge in [0.2, 0.25) is 5.91 Å². The average molecular weight is 325 g/mol. The number of hydrogen-bond donors (Lipinski definition) is 1. The van der Waals surface area contributed by atoms with E-state index < -0.39 is 0 Å². The number of hydrogen-bond acceptors (Lipinski definition) is 5. The van der Waals surface area contributed by atoms with E-state index in [-0.39, 0.29) is 11.8 Å². The molecule has 2 rings (SSSR count). The van der Waals surface area contributed by atoms with Crippen molar-refractivity contribution in [2.75, 3.05) is 26.8 Å². The van der Waals surface area contributed by atoms with Gasteiger partial charge in [0.05, 0.1) is 24.8 Å². The first kappa shape index (κ1) is 17.4. The molecule has 0 aliphatic carbocycles. The van der Waals surface area contributed by atoms with Crippen LogP contribution < -0.4 is 5.32 Å². The second kappa shape index (κ2) is 8.04. The number of likely N-dealkylation sites (tertiary alicyclic amines) is 1. The van der Waals surface area contributed by atoms with Crippen LogP contribution in [0, 0.1) is 19.8 Å². The summed E-state index contributed by atoms with van der Waals surface area (Å²) in [5.41, 5.74) is 1.12. The Morgan fingerprint density at radius 1 is 1.45 bits per heavy atom. The molecule has 0 saturated carbocycles. The molecule has 0 radical (unpaired) electrons. The Bertz CT molecular complexity index is 484. The molecule has 1 fully saturated rings. The van der Waals surface area contributed by atoms with E-state index in [4.69, 9.17) is 4.74 Å². The molecule has 1 saturated heterocycles. The molecule has 0 bridgehead atoms. The van der Waals surface area contributed by atoms with Crippen molar-refractivity contribution in [1.29, 1.82) is 0 Å². The van der Waals surface area contributed by atoms with E-state index in [0.29, 0.717) is 19.2 Å². The molecule has 2 unspecified atom stereocenters. The molecule has 2 heterocycles. The highest BCUT2D eigenvalue weighted by atomic mass is 32.1. The third-order valence-corrected chi connectivity index (χ3v) is 5.46. The van der Waals surface area contributed by atoms with Crippen molar-refractivity contribution in [3.63, 3.8) is 0 Å². The maximum Gasteiger partial charge on any atom is 0.224 e. The number of ether oxygens (including phenoxy) is 1. The lowest BCUT2D eigenvalue weighted by Gasteiger charge is -2.36. The van der Waals surface area contributed by atoms with Crippen LogP contribution in [0.5, 0.6) is 0 Å². The molecule has 5 nitrogen and oxygen atoms in total. The van der Waals surface area contributed by atoms with Gasteiger partial charge in [-0.2, -0.15) is 0 Å². The fraction of sp³-hybridized carbons (Fsp3) is 0.750. The molecule has 0 aromatic carbocycles. The first-order valence-corrected chi connectivity index (χ1v) is 8.76. The van der Waals surface area contributed by atoms with E-state index in [9.17, 15) is 4.79 Å². The maximum absolute atomic E-state index is 12.2. The van der Waals surface area contributed by atoms with Gasteiger partial charge in [0.15, 0.2) is 0 Å². The van der Waals surface area contributed by atoms with Gasteiger partial charge in [-0.25, -0.2) is 4.98 Å². The standard InChI is InChI=1S/C16H27N3O2S/c1-11-5-6-14(16(20)17-7-8-21-4)9-19(11)10-15-18-12(2)13(3)22-15/h11,14H,5-10H2,1-4H3,(H,17,20). The summed E-state index contributed by atoms with van der Waals surface area (Å²) >= 11 is 1.77. The summed E-state index contributed by atoms with van der Waals surface area (Å²) in [5, 5.41) is 4.12. The van der Waals surface area contributed by atoms with E-state index in [1.807, 2.05) is 0 Å². The molecular weight excluding hydrogens is 298 g/mol. The van der Waals surface area contributed by atoms with Gasteiger partial charge in [-0.1, -0.05) is 0 Å². The van der Waals surface area contributed by atoms with Gasteiger partial charge in [0, 0.05) is 31.1 Å². The highest BCUT2D eigenvalue weighted by Gasteiger charge is 2.30. The molecule has 1 aliphatic heterocycles. The molecule has 6 heteroatoms. The number of carbonyl (C=O) groups is 1. The lowest BCUT2D eigenvalue weighted by atomic mass is 9.92. The molecule has 124 valence electrons. The van der Waals surface area contributed by atoms with Crippen molar-refractivity contribution in [2.45, 2.75) is 46.2 Å². The monoisotopic (exact) mass is 325 g/mol. The van der Waals surface area contributed by atoms with Crippen molar-refractivity contribution < 1.29 is 9.53 Å². The van der Waals surface area contributed by atoms with Gasteiger partial charge in [0.1, 0.15) is 5.01 Å². The number of nitrogens with zero attached hydrogens (tertiary/aromatic N) is 2. The van der Waals surface area contributed by atoms with Crippen LogP contribution in [0.3, 0.4) is 0 Å². The molecule has 1 amide bonds. The first-order valence-electron chi connectivity index (χ1n) is 7.95. The second-order valence-electron chi connectivity index (χ2n) is 6.09. The largest absolute Gasteiger partial charge is 0.383 e. The number of nitrogens with one attached hydrogen (secondary N) is 1. The lowest BCUT2D eigenvalue weighted by molar-refractivity contribution is -0.127. The van der Waals surface area contributed by atoms with Crippen LogP contribution in [0.4, 0.5) is 0 Å². The minimum absolute atomic E-state index is 0.0789. The molecule has 0 spiro atoms. The number of rotatable bonds is 6. The highest BCUT2D eigenvalue weighted by Crippen LogP contribution is 2.26. The third-order valence-electron chi connectivity index (χ3n) is 4.40. The Morgan fingerprint density at radius 2 is 2.23 bits per heavy atom. The minimum Gasteiger partial charge on any atom is -0.383 e. The predicted molar refractivity (Wildman–Crippen MR) is 89.1 cm³/mol. The summed E-state index contributed by atoms with van der Waals surface area (Å²) in [7, 11) is 1.65. The Labute approximate surface area is 137 Å². The van der Waals surface area contributed by atoms with Gasteiger partial charge < -0.3 is 10.1 Å². The molecule has 1 aromatic heterocycles. The quantitative estimate of drug-likeness (QED) is 0.814. The van der Waals surface area contributed by atoms with Crippen molar-refractivity contribution in [2.24, 2.45) is 5.92 Å². The van der Waals surface area contributed by atoms with Crippen LogP contribution in [0.25, 0.3) is 0 Å². The molecule has 1 aromatic rings. The van der Waals surface area contributed by atoms with E-state index in [2.05, 4.69) is 36.0 Å². The van der Waals surface area contributed by atoms with Gasteiger partial charge in [-0.05, 0) is 33.6 Å². The van der Waals surface area contributed by atoms with E-state index in [1.165, 1.54) is 4.88 Å². The van der Waals surface area contributed by atoms with Crippen molar-refractivity contribution in [3.8, 4) is 0 Å². The fourth-order valence-electron chi connectivity index (χ4n) is 2.81. The van der Waals surface area contributed by atoms with Crippen LogP contribution in [0.15, 0.2) is 0 Å². The normalized spacial score (nSPS) is 22.7. The van der Waals surface area contributed by atoms with Crippen LogP contribution in [0.1, 0.15) is 35.3 Å². The number of thiazole rings is 1. The summed E-state index contributed by atoms with van der Waals surface area (Å²) < 4.78 is 4.98. The summed E-state index contributed by atoms with van der Waals surface area (Å²) in [6.07, 6.45) is 2.03. The predicted octanol–water partition coefficient (Wildman–Crippen LogP) is 2.12. The van der Waals surface area contributed by atoms with Gasteiger partial charge in [-0.3, -0.25) is 9.69 Å². The van der Waals surface area contributed by atoms with Crippen molar-refractivity contribution in [1.82, 2.24) is 15.2 Å². The lowest BCUT2D eigenvalue weighted by Crippen LogP contribution is -2.46. The molecule has 1 N–H and O–H groups in total. The number of aryl methyl sites for hydroxylation is 2. The van der Waals surface area contributed by atoms with Crippen molar-refractivity contribution in [3.05, 3.63) is 15.6 Å². The maximum atomic E-state index is 12.2. The number of carbonyl (C=O) groups excluding carboxylic acids is 1. The zero-order valence-electron chi connectivity index (χ0n) is 14.0. The Morgan fingerprint density at radius 3 is 2.86 bits per heavy atom. The highest BCUT2D eigenvalue weighted by molar-refractivity contribution is 7.11. The van der Waals surface area contributed by atoms with Gasteiger partial charge >= 0.3 is 0 Å². The van der Waals surface area contributed by atoms with E-state index in [0.717, 1.165) is 36.6 Å². The zero-order valence-corrected chi connectivity index (χ0v) is 14.8. The second-order valence-corrected chi connectivity index (χ2v) is 7.37. The van der Waals surface area contributed by atoms with Crippen LogP contribution >= 0.6 is 11.3 Å². The van der Waals surface area contributed by atoms with Crippen LogP contribution in [-0.4, -0.2) is 48.6 Å². The Hall–Kier alpha value is -0.980. The van der Waals surface area contributed by atoms with Gasteiger partial charge in [0.25, 0.3) is 0 Å². The topological polar surface area (TPSA) is 54.5 Å². The number of amides is 1. The van der Waals surface area contributed by atoms with Gasteiger partial charge in [-0.15, -0.1) is 11.3 Å². The molecular formula is C16H27N3O2S. The molecule has 22 heavy (non-hydrogen) atoms. The summed E-state index contributed by atoms with van der Waals surface area (Å²) in [6, 6.07) is 0.507. The minimum atomic E-state index is 0.0789. The molecule has 1 aliphatic rings. The zero-order chi connectivity index (χ0) is 16.1. The van der Waals surface area contributed by atoms with Crippen LogP contribution in [-0.2, 0) is 16.1 Å². The molecule has 2 atom stereocenters. The van der Waals surface area contributed by atoms with Crippen LogP contribution in [0.2, 0.25) is 0 Å². The number of methoxy groups -OCH3 is 1. The third kappa shape index (κ3) is 4.51. The SMILES string of the molecule is COCCNC(=O)C1CCC(C)N(Cc2nc(C)c(C)s2)C1. The number of piperidine rings is 1. The Balaban J connectivity index is 1.91. The van der Waals surface area contributed by atoms with Crippen molar-refractivity contribution >= 4 is 17.2 Å². The first-order chi connectivity index (χ1) is 10.5. The summed E-state index contributed by atoms with van der Waals surface area (Å²) in [6.45, 7) is 9.23. The smallest absolute Gasteiger partial charge is 0.224 e. The fourth-order valence-corrected chi connectivity index (χ4v) is 3.77. The summed E-state index contributed by atoms with van der Waals surface area (Å²) in [5.74, 6) is 0.232. The number of aromatic nitrogens is 1. The van der Waals surface area contributed by atoms with E-state index >= 15 is 0 Å². The summed E-state index contributed by atoms with van der Waals surface area (Å²) in [4.78, 5) is 20.5. The van der Waals surface area contributed by atoms with E-state index in [1.54, 1.807) is 18.4 Å².